The van der Waals surface area contributed by atoms with Gasteiger partial charge in [0, 0.05) is 11.8 Å². The Balaban J connectivity index is 2.31. The summed E-state index contributed by atoms with van der Waals surface area (Å²) in [7, 11) is 0. The Morgan fingerprint density at radius 3 is 2.53 bits per heavy atom. The summed E-state index contributed by atoms with van der Waals surface area (Å²) in [6.07, 6.45) is 1.27. The molecule has 0 saturated carbocycles. The first-order valence-electron chi connectivity index (χ1n) is 6.76. The van der Waals surface area contributed by atoms with Crippen molar-refractivity contribution in [1.29, 1.82) is 0 Å². The van der Waals surface area contributed by atoms with Crippen molar-refractivity contribution in [2.45, 2.75) is 53.2 Å². The maximum absolute atomic E-state index is 4.60. The van der Waals surface area contributed by atoms with Crippen molar-refractivity contribution in [3.8, 4) is 0 Å². The van der Waals surface area contributed by atoms with Crippen LogP contribution in [0.25, 0.3) is 0 Å². The van der Waals surface area contributed by atoms with E-state index >= 15 is 0 Å². The number of hydrogen-bond donors (Lipinski definition) is 1. The second kappa shape index (κ2) is 6.12. The summed E-state index contributed by atoms with van der Waals surface area (Å²) < 4.78 is 0. The second-order valence-corrected chi connectivity index (χ2v) is 7.80. The summed E-state index contributed by atoms with van der Waals surface area (Å²) in [4.78, 5) is 4.60. The quantitative estimate of drug-likeness (QED) is 0.809. The number of thioether (sulfide) groups is 1. The molecule has 100 valence electrons. The van der Waals surface area contributed by atoms with Crippen LogP contribution in [0.4, 0.5) is 0 Å². The van der Waals surface area contributed by atoms with E-state index in [1.165, 1.54) is 6.42 Å². The van der Waals surface area contributed by atoms with Crippen molar-refractivity contribution in [3.05, 3.63) is 0 Å². The van der Waals surface area contributed by atoms with Gasteiger partial charge in [0.2, 0.25) is 0 Å². The summed E-state index contributed by atoms with van der Waals surface area (Å²) in [5.41, 5.74) is 0.333. The Bertz CT molecular complexity index is 269. The fourth-order valence-corrected chi connectivity index (χ4v) is 2.92. The van der Waals surface area contributed by atoms with E-state index in [0.29, 0.717) is 16.6 Å². The van der Waals surface area contributed by atoms with Gasteiger partial charge in [-0.2, -0.15) is 0 Å². The first-order valence-corrected chi connectivity index (χ1v) is 7.64. The SMILES string of the molecule is CC(C)CC1CN=C(NCC(C)(C)C(C)C)S1. The van der Waals surface area contributed by atoms with Crippen molar-refractivity contribution in [2.75, 3.05) is 13.1 Å². The van der Waals surface area contributed by atoms with Gasteiger partial charge in [0.25, 0.3) is 0 Å². The average Bonchev–Trinajstić information content (AvgIpc) is 2.61. The molecule has 0 radical (unpaired) electrons. The van der Waals surface area contributed by atoms with Gasteiger partial charge in [-0.1, -0.05) is 53.3 Å². The fraction of sp³-hybridized carbons (Fsp3) is 0.929. The van der Waals surface area contributed by atoms with Crippen LogP contribution in [0.1, 0.15) is 48.0 Å². The van der Waals surface area contributed by atoms with E-state index in [1.54, 1.807) is 0 Å². The predicted octanol–water partition coefficient (Wildman–Crippen LogP) is 3.78. The predicted molar refractivity (Wildman–Crippen MR) is 79.8 cm³/mol. The first-order chi connectivity index (χ1) is 7.81. The van der Waals surface area contributed by atoms with Crippen LogP contribution in [0.15, 0.2) is 4.99 Å². The lowest BCUT2D eigenvalue weighted by molar-refractivity contribution is 0.251. The van der Waals surface area contributed by atoms with Crippen LogP contribution in [0.2, 0.25) is 0 Å². The third-order valence-corrected chi connectivity index (χ3v) is 4.88. The second-order valence-electron chi connectivity index (χ2n) is 6.51. The van der Waals surface area contributed by atoms with E-state index in [2.05, 4.69) is 51.9 Å². The van der Waals surface area contributed by atoms with Crippen molar-refractivity contribution in [1.82, 2.24) is 5.32 Å². The Morgan fingerprint density at radius 1 is 1.35 bits per heavy atom. The lowest BCUT2D eigenvalue weighted by Gasteiger charge is -2.29. The standard InChI is InChI=1S/C14H28N2S/c1-10(2)7-12-8-15-13(17-12)16-9-14(5,6)11(3)4/h10-12H,7-9H2,1-6H3,(H,15,16). The van der Waals surface area contributed by atoms with E-state index in [0.717, 1.165) is 24.2 Å². The molecule has 1 atom stereocenters. The van der Waals surface area contributed by atoms with Gasteiger partial charge in [-0.25, -0.2) is 0 Å². The molecular formula is C14H28N2S. The summed E-state index contributed by atoms with van der Waals surface area (Å²) in [5.74, 6) is 1.46. The average molecular weight is 256 g/mol. The van der Waals surface area contributed by atoms with Crippen molar-refractivity contribution < 1.29 is 0 Å². The molecule has 0 bridgehead atoms. The van der Waals surface area contributed by atoms with E-state index in [4.69, 9.17) is 0 Å². The van der Waals surface area contributed by atoms with Crippen LogP contribution in [0.5, 0.6) is 0 Å². The Kier molecular flexibility index (Phi) is 5.36. The van der Waals surface area contributed by atoms with Crippen LogP contribution in [-0.2, 0) is 0 Å². The summed E-state index contributed by atoms with van der Waals surface area (Å²) in [5, 5.41) is 5.37. The summed E-state index contributed by atoms with van der Waals surface area (Å²) >= 11 is 1.93. The van der Waals surface area contributed by atoms with Crippen molar-refractivity contribution >= 4 is 16.9 Å². The minimum absolute atomic E-state index is 0.333. The lowest BCUT2D eigenvalue weighted by atomic mass is 9.81. The number of nitrogens with one attached hydrogen (secondary N) is 1. The molecule has 0 aromatic rings. The smallest absolute Gasteiger partial charge is 0.156 e. The zero-order chi connectivity index (χ0) is 13.1. The van der Waals surface area contributed by atoms with Gasteiger partial charge >= 0.3 is 0 Å². The Hall–Kier alpha value is -0.180. The highest BCUT2D eigenvalue weighted by Gasteiger charge is 2.25. The van der Waals surface area contributed by atoms with Gasteiger partial charge in [-0.3, -0.25) is 4.99 Å². The molecule has 1 unspecified atom stereocenters. The molecule has 0 amide bonds. The number of aliphatic imine (C=N–C) groups is 1. The first kappa shape index (κ1) is 14.9. The van der Waals surface area contributed by atoms with E-state index < -0.39 is 0 Å². The molecule has 1 heterocycles. The largest absolute Gasteiger partial charge is 0.364 e. The summed E-state index contributed by atoms with van der Waals surface area (Å²) in [6.45, 7) is 15.8. The normalized spacial score (nSPS) is 21.2. The third kappa shape index (κ3) is 4.90. The van der Waals surface area contributed by atoms with Crippen molar-refractivity contribution in [3.63, 3.8) is 0 Å². The van der Waals surface area contributed by atoms with E-state index in [1.807, 2.05) is 11.8 Å². The molecule has 1 N–H and O–H groups in total. The van der Waals surface area contributed by atoms with Crippen molar-refractivity contribution in [2.24, 2.45) is 22.2 Å². The van der Waals surface area contributed by atoms with E-state index in [-0.39, 0.29) is 0 Å². The fourth-order valence-electron chi connectivity index (χ4n) is 1.67. The van der Waals surface area contributed by atoms with Gasteiger partial charge in [0.15, 0.2) is 5.17 Å². The van der Waals surface area contributed by atoms with Gasteiger partial charge in [-0.05, 0) is 23.7 Å². The minimum Gasteiger partial charge on any atom is -0.364 e. The number of hydrogen-bond acceptors (Lipinski definition) is 3. The monoisotopic (exact) mass is 256 g/mol. The molecule has 0 fully saturated rings. The van der Waals surface area contributed by atoms with Crippen LogP contribution in [0, 0.1) is 17.3 Å². The Morgan fingerprint density at radius 2 is 2.00 bits per heavy atom. The molecule has 17 heavy (non-hydrogen) atoms. The van der Waals surface area contributed by atoms with Gasteiger partial charge in [-0.15, -0.1) is 0 Å². The maximum atomic E-state index is 4.60. The molecule has 0 aromatic carbocycles. The zero-order valence-corrected chi connectivity index (χ0v) is 13.0. The molecule has 0 spiro atoms. The molecule has 0 aromatic heterocycles. The summed E-state index contributed by atoms with van der Waals surface area (Å²) in [6, 6.07) is 0. The van der Waals surface area contributed by atoms with Crippen LogP contribution < -0.4 is 5.32 Å². The Labute approximate surface area is 111 Å². The topological polar surface area (TPSA) is 24.4 Å². The highest BCUT2D eigenvalue weighted by molar-refractivity contribution is 8.14. The molecule has 3 heteroatoms. The molecule has 1 aliphatic heterocycles. The van der Waals surface area contributed by atoms with E-state index in [9.17, 15) is 0 Å². The van der Waals surface area contributed by atoms with Crippen LogP contribution >= 0.6 is 11.8 Å². The highest BCUT2D eigenvalue weighted by Crippen LogP contribution is 2.28. The molecule has 0 aliphatic carbocycles. The zero-order valence-electron chi connectivity index (χ0n) is 12.2. The third-order valence-electron chi connectivity index (χ3n) is 3.71. The number of amidine groups is 1. The van der Waals surface area contributed by atoms with Gasteiger partial charge in [0.1, 0.15) is 0 Å². The molecule has 1 aliphatic rings. The van der Waals surface area contributed by atoms with Gasteiger partial charge < -0.3 is 5.32 Å². The van der Waals surface area contributed by atoms with Gasteiger partial charge in [0.05, 0.1) is 6.54 Å². The highest BCUT2D eigenvalue weighted by atomic mass is 32.2. The molecular weight excluding hydrogens is 228 g/mol. The minimum atomic E-state index is 0.333. The van der Waals surface area contributed by atoms with Crippen LogP contribution in [0.3, 0.4) is 0 Å². The number of nitrogens with zero attached hydrogens (tertiary/aromatic N) is 1. The maximum Gasteiger partial charge on any atom is 0.156 e. The molecule has 1 rings (SSSR count). The molecule has 0 saturated heterocycles. The number of rotatable bonds is 5. The van der Waals surface area contributed by atoms with Crippen LogP contribution in [-0.4, -0.2) is 23.5 Å². The lowest BCUT2D eigenvalue weighted by Crippen LogP contribution is -2.35. The molecule has 2 nitrogen and oxygen atoms in total.